The average Bonchev–Trinajstić information content (AvgIpc) is 2.53. The molecule has 0 unspecified atom stereocenters. The maximum Gasteiger partial charge on any atom is 0.170 e. The molecule has 4 nitrogen and oxygen atoms in total. The summed E-state index contributed by atoms with van der Waals surface area (Å²) in [7, 11) is 4.08. The first-order valence-electron chi connectivity index (χ1n) is 7.35. The lowest BCUT2D eigenvalue weighted by Gasteiger charge is -2.25. The largest absolute Gasteiger partial charge is 0.361 e. The third-order valence-corrected chi connectivity index (χ3v) is 4.32. The van der Waals surface area contributed by atoms with Crippen LogP contribution < -0.4 is 10.6 Å². The maximum absolute atomic E-state index is 6.13. The zero-order valence-corrected chi connectivity index (χ0v) is 15.1. The number of benzene rings is 1. The van der Waals surface area contributed by atoms with Gasteiger partial charge in [-0.2, -0.15) is 0 Å². The van der Waals surface area contributed by atoms with Crippen LogP contribution in [0.5, 0.6) is 0 Å². The zero-order chi connectivity index (χ0) is 16.8. The van der Waals surface area contributed by atoms with E-state index in [-0.39, 0.29) is 6.04 Å². The van der Waals surface area contributed by atoms with Crippen molar-refractivity contribution in [1.29, 1.82) is 0 Å². The van der Waals surface area contributed by atoms with Crippen LogP contribution in [0, 0.1) is 6.92 Å². The van der Waals surface area contributed by atoms with Crippen LogP contribution in [0.15, 0.2) is 42.7 Å². The Labute approximate surface area is 147 Å². The second-order valence-electron chi connectivity index (χ2n) is 5.51. The molecule has 1 heterocycles. The fraction of sp³-hybridized carbons (Fsp3) is 0.294. The van der Waals surface area contributed by atoms with Crippen molar-refractivity contribution < 1.29 is 0 Å². The first kappa shape index (κ1) is 17.7. The molecule has 0 aliphatic carbocycles. The quantitative estimate of drug-likeness (QED) is 0.807. The van der Waals surface area contributed by atoms with Crippen molar-refractivity contribution >= 4 is 34.6 Å². The van der Waals surface area contributed by atoms with Gasteiger partial charge in [0.2, 0.25) is 0 Å². The molecule has 2 aromatic rings. The lowest BCUT2D eigenvalue weighted by atomic mass is 10.1. The number of hydrogen-bond donors (Lipinski definition) is 2. The van der Waals surface area contributed by atoms with Crippen molar-refractivity contribution in [2.75, 3.05) is 26.0 Å². The van der Waals surface area contributed by atoms with Crippen molar-refractivity contribution in [3.05, 3.63) is 58.9 Å². The van der Waals surface area contributed by atoms with Crippen molar-refractivity contribution in [1.82, 2.24) is 15.2 Å². The summed E-state index contributed by atoms with van der Waals surface area (Å²) in [5, 5.41) is 7.76. The molecule has 1 atom stereocenters. The molecule has 23 heavy (non-hydrogen) atoms. The van der Waals surface area contributed by atoms with Gasteiger partial charge in [-0.05, 0) is 62.6 Å². The van der Waals surface area contributed by atoms with Crippen molar-refractivity contribution in [2.24, 2.45) is 0 Å². The van der Waals surface area contributed by atoms with Gasteiger partial charge in [0.05, 0.1) is 6.04 Å². The van der Waals surface area contributed by atoms with Gasteiger partial charge < -0.3 is 15.5 Å². The van der Waals surface area contributed by atoms with Crippen LogP contribution in [-0.2, 0) is 0 Å². The Morgan fingerprint density at radius 1 is 1.30 bits per heavy atom. The van der Waals surface area contributed by atoms with E-state index in [9.17, 15) is 0 Å². The van der Waals surface area contributed by atoms with Crippen LogP contribution in [0.2, 0.25) is 5.02 Å². The molecule has 122 valence electrons. The lowest BCUT2D eigenvalue weighted by molar-refractivity contribution is 0.298. The Hall–Kier alpha value is -1.69. The van der Waals surface area contributed by atoms with E-state index in [0.717, 1.165) is 21.8 Å². The van der Waals surface area contributed by atoms with Gasteiger partial charge in [0.15, 0.2) is 5.11 Å². The third-order valence-electron chi connectivity index (χ3n) is 3.66. The monoisotopic (exact) mass is 348 g/mol. The molecule has 0 aliphatic heterocycles. The first-order valence-corrected chi connectivity index (χ1v) is 8.14. The van der Waals surface area contributed by atoms with Gasteiger partial charge in [0, 0.05) is 29.6 Å². The normalized spacial score (nSPS) is 12.0. The minimum Gasteiger partial charge on any atom is -0.361 e. The Balaban J connectivity index is 1.98. The summed E-state index contributed by atoms with van der Waals surface area (Å²) in [6.07, 6.45) is 3.65. The summed E-state index contributed by atoms with van der Waals surface area (Å²) in [5.41, 5.74) is 3.04. The standard InChI is InChI=1S/C17H21ClN4S/c1-12-14(18)7-4-8-15(12)21-17(23)20-11-16(22(2)3)13-6-5-9-19-10-13/h4-10,16H,11H2,1-3H3,(H2,20,21,23)/t16-/m1/s1. The molecule has 1 aromatic heterocycles. The smallest absolute Gasteiger partial charge is 0.170 e. The molecule has 1 aromatic carbocycles. The van der Waals surface area contributed by atoms with Crippen molar-refractivity contribution in [2.45, 2.75) is 13.0 Å². The molecule has 2 N–H and O–H groups in total. The van der Waals surface area contributed by atoms with Crippen LogP contribution in [0.25, 0.3) is 0 Å². The van der Waals surface area contributed by atoms with E-state index >= 15 is 0 Å². The Morgan fingerprint density at radius 3 is 2.74 bits per heavy atom. The third kappa shape index (κ3) is 4.89. The molecule has 0 bridgehead atoms. The second kappa shape index (κ2) is 8.24. The van der Waals surface area contributed by atoms with Gasteiger partial charge in [-0.25, -0.2) is 0 Å². The molecule has 0 amide bonds. The fourth-order valence-corrected chi connectivity index (χ4v) is 2.64. The van der Waals surface area contributed by atoms with Crippen LogP contribution >= 0.6 is 23.8 Å². The van der Waals surface area contributed by atoms with Gasteiger partial charge in [-0.3, -0.25) is 4.98 Å². The van der Waals surface area contributed by atoms with E-state index < -0.39 is 0 Å². The Kier molecular flexibility index (Phi) is 6.33. The van der Waals surface area contributed by atoms with Gasteiger partial charge in [-0.15, -0.1) is 0 Å². The van der Waals surface area contributed by atoms with Crippen LogP contribution in [0.4, 0.5) is 5.69 Å². The maximum atomic E-state index is 6.13. The highest BCUT2D eigenvalue weighted by Gasteiger charge is 2.14. The predicted octanol–water partition coefficient (Wildman–Crippen LogP) is 3.63. The molecule has 2 rings (SSSR count). The number of nitrogens with zero attached hydrogens (tertiary/aromatic N) is 2. The number of halogens is 1. The van der Waals surface area contributed by atoms with Gasteiger partial charge in [0.1, 0.15) is 0 Å². The molecule has 0 spiro atoms. The first-order chi connectivity index (χ1) is 11.0. The van der Waals surface area contributed by atoms with Crippen LogP contribution in [-0.4, -0.2) is 35.6 Å². The predicted molar refractivity (Wildman–Crippen MR) is 101 cm³/mol. The van der Waals surface area contributed by atoms with E-state index in [1.54, 1.807) is 6.20 Å². The summed E-state index contributed by atoms with van der Waals surface area (Å²) < 4.78 is 0. The highest BCUT2D eigenvalue weighted by Crippen LogP contribution is 2.23. The van der Waals surface area contributed by atoms with Crippen LogP contribution in [0.3, 0.4) is 0 Å². The molecule has 0 saturated carbocycles. The van der Waals surface area contributed by atoms with Crippen molar-refractivity contribution in [3.8, 4) is 0 Å². The number of likely N-dealkylation sites (N-methyl/N-ethyl adjacent to an activating group) is 1. The Morgan fingerprint density at radius 2 is 2.09 bits per heavy atom. The topological polar surface area (TPSA) is 40.2 Å². The molecule has 0 fully saturated rings. The van der Waals surface area contributed by atoms with E-state index in [0.29, 0.717) is 11.7 Å². The number of thiocarbonyl (C=S) groups is 1. The molecule has 0 saturated heterocycles. The highest BCUT2D eigenvalue weighted by atomic mass is 35.5. The highest BCUT2D eigenvalue weighted by molar-refractivity contribution is 7.80. The second-order valence-corrected chi connectivity index (χ2v) is 6.33. The van der Waals surface area contributed by atoms with E-state index in [1.165, 1.54) is 0 Å². The minimum atomic E-state index is 0.184. The van der Waals surface area contributed by atoms with Gasteiger partial charge in [0.25, 0.3) is 0 Å². The molecule has 6 heteroatoms. The van der Waals surface area contributed by atoms with E-state index in [2.05, 4.69) is 26.6 Å². The lowest BCUT2D eigenvalue weighted by Crippen LogP contribution is -2.36. The summed E-state index contributed by atoms with van der Waals surface area (Å²) >= 11 is 11.5. The van der Waals surface area contributed by atoms with Gasteiger partial charge >= 0.3 is 0 Å². The molecular weight excluding hydrogens is 328 g/mol. The van der Waals surface area contributed by atoms with E-state index in [4.69, 9.17) is 23.8 Å². The number of rotatable bonds is 5. The zero-order valence-electron chi connectivity index (χ0n) is 13.5. The number of hydrogen-bond acceptors (Lipinski definition) is 3. The molecule has 0 radical (unpaired) electrons. The van der Waals surface area contributed by atoms with Crippen molar-refractivity contribution in [3.63, 3.8) is 0 Å². The number of nitrogens with one attached hydrogen (secondary N) is 2. The summed E-state index contributed by atoms with van der Waals surface area (Å²) in [4.78, 5) is 6.32. The number of aromatic nitrogens is 1. The molecule has 0 aliphatic rings. The Bertz CT molecular complexity index is 661. The fourth-order valence-electron chi connectivity index (χ4n) is 2.27. The SMILES string of the molecule is Cc1c(Cl)cccc1NC(=S)NC[C@H](c1cccnc1)N(C)C. The summed E-state index contributed by atoms with van der Waals surface area (Å²) in [5.74, 6) is 0. The van der Waals surface area contributed by atoms with Gasteiger partial charge in [-0.1, -0.05) is 23.7 Å². The minimum absolute atomic E-state index is 0.184. The average molecular weight is 349 g/mol. The summed E-state index contributed by atoms with van der Waals surface area (Å²) in [6, 6.07) is 9.92. The van der Waals surface area contributed by atoms with Crippen LogP contribution in [0.1, 0.15) is 17.2 Å². The summed E-state index contributed by atoms with van der Waals surface area (Å²) in [6.45, 7) is 2.65. The number of anilines is 1. The number of pyridine rings is 1. The molecular formula is C17H21ClN4S. The van der Waals surface area contributed by atoms with E-state index in [1.807, 2.05) is 51.5 Å².